The fourth-order valence-corrected chi connectivity index (χ4v) is 7.59. The maximum absolute atomic E-state index is 3.39. The summed E-state index contributed by atoms with van der Waals surface area (Å²) in [4.78, 5) is 0. The van der Waals surface area contributed by atoms with E-state index in [9.17, 15) is 0 Å². The Balaban J connectivity index is 1.90. The molecule has 0 radical (unpaired) electrons. The maximum Gasteiger partial charge on any atom is -0.00123 e. The monoisotopic (exact) mass is 255 g/mol. The van der Waals surface area contributed by atoms with E-state index in [1.165, 1.54) is 51.2 Å². The highest BCUT2D eigenvalue weighted by molar-refractivity contribution is 7.59. The summed E-state index contributed by atoms with van der Waals surface area (Å²) >= 11 is 0. The van der Waals surface area contributed by atoms with Gasteiger partial charge in [0.25, 0.3) is 0 Å². The van der Waals surface area contributed by atoms with Gasteiger partial charge in [0, 0.05) is 0 Å². The lowest BCUT2D eigenvalue weighted by Gasteiger charge is -2.38. The van der Waals surface area contributed by atoms with Crippen molar-refractivity contribution in [2.24, 2.45) is 0 Å². The summed E-state index contributed by atoms with van der Waals surface area (Å²) in [6, 6.07) is 0. The first-order valence-electron chi connectivity index (χ1n) is 7.82. The van der Waals surface area contributed by atoms with E-state index in [-0.39, 0.29) is 0 Å². The normalized spacial score (nSPS) is 24.4. The predicted octanol–water partition coefficient (Wildman–Crippen LogP) is 4.35. The zero-order valence-corrected chi connectivity index (χ0v) is 12.5. The molecule has 0 aromatic heterocycles. The molecule has 2 fully saturated rings. The quantitative estimate of drug-likeness (QED) is 0.720. The van der Waals surface area contributed by atoms with Crippen LogP contribution in [0.4, 0.5) is 0 Å². The lowest BCUT2D eigenvalue weighted by Crippen LogP contribution is -2.25. The van der Waals surface area contributed by atoms with Crippen molar-refractivity contribution in [2.75, 3.05) is 19.8 Å². The molecule has 0 atom stereocenters. The van der Waals surface area contributed by atoms with Gasteiger partial charge in [0.1, 0.15) is 0 Å². The molecule has 0 unspecified atom stereocenters. The Labute approximate surface area is 109 Å². The molecule has 0 spiro atoms. The number of rotatable bonds is 5. The summed E-state index contributed by atoms with van der Waals surface area (Å²) in [5, 5.41) is 3.39. The molecule has 100 valence electrons. The molecular weight excluding hydrogens is 225 g/mol. The fraction of sp³-hybridized carbons (Fsp3) is 1.00. The molecule has 0 heterocycles. The topological polar surface area (TPSA) is 12.0 Å². The van der Waals surface area contributed by atoms with Crippen LogP contribution in [-0.4, -0.2) is 31.1 Å². The standard InChI is InChI=1S/C15H30NP/c1-16-12-13-17(14-8-4-2-5-9-14)15-10-6-3-7-11-15/h14-16H,2-13H2,1H3. The minimum Gasteiger partial charge on any atom is -0.319 e. The van der Waals surface area contributed by atoms with Crippen LogP contribution in [0.25, 0.3) is 0 Å². The van der Waals surface area contributed by atoms with Crippen molar-refractivity contribution >= 4 is 7.92 Å². The van der Waals surface area contributed by atoms with E-state index < -0.39 is 0 Å². The fourth-order valence-electron chi connectivity index (χ4n) is 3.73. The first kappa shape index (κ1) is 13.8. The Kier molecular flexibility index (Phi) is 6.29. The van der Waals surface area contributed by atoms with Crippen LogP contribution in [0.3, 0.4) is 0 Å². The molecule has 1 N–H and O–H groups in total. The van der Waals surface area contributed by atoms with Gasteiger partial charge in [-0.3, -0.25) is 0 Å². The van der Waals surface area contributed by atoms with Crippen LogP contribution < -0.4 is 5.32 Å². The predicted molar refractivity (Wildman–Crippen MR) is 79.5 cm³/mol. The summed E-state index contributed by atoms with van der Waals surface area (Å²) in [5.41, 5.74) is 2.27. The van der Waals surface area contributed by atoms with Gasteiger partial charge in [-0.2, -0.15) is 0 Å². The third-order valence-corrected chi connectivity index (χ3v) is 8.36. The first-order chi connectivity index (χ1) is 8.42. The van der Waals surface area contributed by atoms with Crippen molar-refractivity contribution in [3.05, 3.63) is 0 Å². The average molecular weight is 255 g/mol. The molecule has 2 rings (SSSR count). The van der Waals surface area contributed by atoms with Crippen LogP contribution in [0.5, 0.6) is 0 Å². The molecule has 0 aromatic carbocycles. The second-order valence-electron chi connectivity index (χ2n) is 5.93. The van der Waals surface area contributed by atoms with Crippen LogP contribution in [0, 0.1) is 0 Å². The van der Waals surface area contributed by atoms with E-state index in [0.717, 1.165) is 11.3 Å². The Bertz CT molecular complexity index is 177. The highest BCUT2D eigenvalue weighted by Gasteiger charge is 2.30. The van der Waals surface area contributed by atoms with E-state index in [1.54, 1.807) is 25.7 Å². The van der Waals surface area contributed by atoms with Gasteiger partial charge in [-0.1, -0.05) is 46.4 Å². The smallest absolute Gasteiger partial charge is 0.00123 e. The van der Waals surface area contributed by atoms with Gasteiger partial charge in [-0.05, 0) is 56.8 Å². The third-order valence-electron chi connectivity index (χ3n) is 4.71. The summed E-state index contributed by atoms with van der Waals surface area (Å²) in [6.07, 6.45) is 16.9. The second kappa shape index (κ2) is 7.74. The SMILES string of the molecule is CNCCP(C1CCCCC1)C1CCCCC1. The van der Waals surface area contributed by atoms with Gasteiger partial charge >= 0.3 is 0 Å². The lowest BCUT2D eigenvalue weighted by atomic mass is 9.99. The highest BCUT2D eigenvalue weighted by atomic mass is 31.1. The van der Waals surface area contributed by atoms with E-state index in [2.05, 4.69) is 12.4 Å². The van der Waals surface area contributed by atoms with E-state index >= 15 is 0 Å². The number of hydrogen-bond acceptors (Lipinski definition) is 1. The van der Waals surface area contributed by atoms with Crippen LogP contribution in [0.2, 0.25) is 0 Å². The Morgan fingerprint density at radius 1 is 0.824 bits per heavy atom. The van der Waals surface area contributed by atoms with E-state index in [0.29, 0.717) is 7.92 Å². The van der Waals surface area contributed by atoms with Crippen molar-refractivity contribution in [2.45, 2.75) is 75.5 Å². The van der Waals surface area contributed by atoms with Crippen molar-refractivity contribution in [1.29, 1.82) is 0 Å². The molecule has 0 aromatic rings. The summed E-state index contributed by atoms with van der Waals surface area (Å²) in [6.45, 7) is 1.26. The minimum absolute atomic E-state index is 0.335. The van der Waals surface area contributed by atoms with Gasteiger partial charge in [-0.15, -0.1) is 0 Å². The summed E-state index contributed by atoms with van der Waals surface area (Å²) < 4.78 is 0. The molecule has 1 nitrogen and oxygen atoms in total. The summed E-state index contributed by atoms with van der Waals surface area (Å²) in [7, 11) is 2.45. The van der Waals surface area contributed by atoms with Gasteiger partial charge < -0.3 is 5.32 Å². The second-order valence-corrected chi connectivity index (χ2v) is 8.86. The zero-order valence-electron chi connectivity index (χ0n) is 11.6. The van der Waals surface area contributed by atoms with Gasteiger partial charge in [0.15, 0.2) is 0 Å². The van der Waals surface area contributed by atoms with Crippen LogP contribution in [-0.2, 0) is 0 Å². The van der Waals surface area contributed by atoms with Gasteiger partial charge in [0.05, 0.1) is 0 Å². The summed E-state index contributed by atoms with van der Waals surface area (Å²) in [5.74, 6) is 0. The molecule has 17 heavy (non-hydrogen) atoms. The molecule has 2 aliphatic carbocycles. The van der Waals surface area contributed by atoms with Crippen LogP contribution >= 0.6 is 7.92 Å². The van der Waals surface area contributed by atoms with Gasteiger partial charge in [-0.25, -0.2) is 0 Å². The van der Waals surface area contributed by atoms with Crippen molar-refractivity contribution < 1.29 is 0 Å². The molecule has 2 heteroatoms. The Morgan fingerprint density at radius 2 is 1.29 bits per heavy atom. The molecule has 2 saturated carbocycles. The van der Waals surface area contributed by atoms with E-state index in [4.69, 9.17) is 0 Å². The zero-order chi connectivity index (χ0) is 11.9. The Hall–Kier alpha value is 0.390. The number of nitrogens with one attached hydrogen (secondary N) is 1. The van der Waals surface area contributed by atoms with Crippen molar-refractivity contribution in [3.63, 3.8) is 0 Å². The third kappa shape index (κ3) is 4.21. The largest absolute Gasteiger partial charge is 0.319 e. The molecule has 0 saturated heterocycles. The molecule has 0 bridgehead atoms. The number of hydrogen-bond donors (Lipinski definition) is 1. The van der Waals surface area contributed by atoms with E-state index in [1.807, 2.05) is 0 Å². The lowest BCUT2D eigenvalue weighted by molar-refractivity contribution is 0.484. The highest BCUT2D eigenvalue weighted by Crippen LogP contribution is 2.55. The van der Waals surface area contributed by atoms with Gasteiger partial charge in [0.2, 0.25) is 0 Å². The van der Waals surface area contributed by atoms with Crippen molar-refractivity contribution in [1.82, 2.24) is 5.32 Å². The molecule has 0 aliphatic heterocycles. The first-order valence-corrected chi connectivity index (χ1v) is 9.48. The maximum atomic E-state index is 3.39. The molecule has 2 aliphatic rings. The van der Waals surface area contributed by atoms with Crippen molar-refractivity contribution in [3.8, 4) is 0 Å². The van der Waals surface area contributed by atoms with Crippen LogP contribution in [0.1, 0.15) is 64.2 Å². The molecular formula is C15H30NP. The Morgan fingerprint density at radius 3 is 1.71 bits per heavy atom. The van der Waals surface area contributed by atoms with Crippen LogP contribution in [0.15, 0.2) is 0 Å². The molecule has 0 amide bonds. The minimum atomic E-state index is 0.335. The average Bonchev–Trinajstić information content (AvgIpc) is 2.42.